The van der Waals surface area contributed by atoms with Crippen LogP contribution in [0.15, 0.2) is 18.2 Å². The quantitative estimate of drug-likeness (QED) is 0.716. The second-order valence-corrected chi connectivity index (χ2v) is 4.96. The highest BCUT2D eigenvalue weighted by atomic mass is 79.9. The van der Waals surface area contributed by atoms with Crippen molar-refractivity contribution in [2.24, 2.45) is 0 Å². The molecule has 0 radical (unpaired) electrons. The molecule has 0 unspecified atom stereocenters. The van der Waals surface area contributed by atoms with Crippen LogP contribution >= 0.6 is 38.9 Å². The summed E-state index contributed by atoms with van der Waals surface area (Å²) in [5.74, 6) is 0. The van der Waals surface area contributed by atoms with Gasteiger partial charge in [-0.2, -0.15) is 5.26 Å². The fraction of sp³-hybridized carbons (Fsp3) is 0.100. The van der Waals surface area contributed by atoms with Gasteiger partial charge in [-0.05, 0) is 23.6 Å². The zero-order valence-electron chi connectivity index (χ0n) is 7.05. The summed E-state index contributed by atoms with van der Waals surface area (Å²) in [6.07, 6.45) is 0. The Hall–Kier alpha value is -0.560. The van der Waals surface area contributed by atoms with Crippen molar-refractivity contribution in [1.29, 1.82) is 5.26 Å². The molecule has 1 aromatic heterocycles. The summed E-state index contributed by atoms with van der Waals surface area (Å²) in [6, 6.07) is 7.81. The Morgan fingerprint density at radius 2 is 2.21 bits per heavy atom. The average Bonchev–Trinajstić information content (AvgIpc) is 2.59. The van der Waals surface area contributed by atoms with Crippen LogP contribution in [0.1, 0.15) is 10.4 Å². The lowest BCUT2D eigenvalue weighted by atomic mass is 10.2. The van der Waals surface area contributed by atoms with Crippen LogP contribution in [-0.4, -0.2) is 0 Å². The van der Waals surface area contributed by atoms with Gasteiger partial charge in [0.2, 0.25) is 0 Å². The maximum Gasteiger partial charge on any atom is 0.101 e. The topological polar surface area (TPSA) is 23.8 Å². The number of nitriles is 1. The summed E-state index contributed by atoms with van der Waals surface area (Å²) >= 11 is 10.9. The highest BCUT2D eigenvalue weighted by Gasteiger charge is 2.07. The van der Waals surface area contributed by atoms with Crippen LogP contribution < -0.4 is 0 Å². The van der Waals surface area contributed by atoms with Crippen molar-refractivity contribution in [2.75, 3.05) is 0 Å². The van der Waals surface area contributed by atoms with Crippen molar-refractivity contribution < 1.29 is 0 Å². The Morgan fingerprint density at radius 1 is 1.43 bits per heavy atom. The largest absolute Gasteiger partial charge is 0.192 e. The van der Waals surface area contributed by atoms with Crippen LogP contribution in [0.2, 0.25) is 5.02 Å². The molecule has 0 amide bonds. The third-order valence-corrected chi connectivity index (χ3v) is 4.26. The molecular formula is C10H5BrClNS. The number of hydrogen-bond acceptors (Lipinski definition) is 2. The van der Waals surface area contributed by atoms with Gasteiger partial charge in [0.25, 0.3) is 0 Å². The van der Waals surface area contributed by atoms with Crippen LogP contribution in [0.25, 0.3) is 10.1 Å². The molecule has 0 spiro atoms. The van der Waals surface area contributed by atoms with Gasteiger partial charge < -0.3 is 0 Å². The number of thiophene rings is 1. The third kappa shape index (κ3) is 1.66. The highest BCUT2D eigenvalue weighted by molar-refractivity contribution is 9.08. The molecule has 0 saturated carbocycles. The number of rotatable bonds is 1. The molecule has 1 aromatic carbocycles. The van der Waals surface area contributed by atoms with E-state index in [4.69, 9.17) is 16.9 Å². The van der Waals surface area contributed by atoms with Crippen molar-refractivity contribution in [3.05, 3.63) is 33.7 Å². The first-order valence-electron chi connectivity index (χ1n) is 3.92. The lowest BCUT2D eigenvalue weighted by Crippen LogP contribution is -1.73. The fourth-order valence-corrected chi connectivity index (χ4v) is 3.00. The smallest absolute Gasteiger partial charge is 0.101 e. The van der Waals surface area contributed by atoms with Crippen LogP contribution in [0, 0.1) is 11.3 Å². The summed E-state index contributed by atoms with van der Waals surface area (Å²) in [5, 5.41) is 11.4. The highest BCUT2D eigenvalue weighted by Crippen LogP contribution is 2.32. The van der Waals surface area contributed by atoms with Crippen molar-refractivity contribution >= 4 is 49.0 Å². The van der Waals surface area contributed by atoms with E-state index < -0.39 is 0 Å². The SMILES string of the molecule is N#Cc1cc(Cl)cc2cc(CBr)sc12. The minimum absolute atomic E-state index is 0.618. The predicted octanol–water partition coefficient (Wildman–Crippen LogP) is 4.32. The van der Waals surface area contributed by atoms with Crippen LogP contribution in [0.5, 0.6) is 0 Å². The first-order chi connectivity index (χ1) is 6.74. The molecule has 0 aliphatic heterocycles. The van der Waals surface area contributed by atoms with Gasteiger partial charge in [-0.25, -0.2) is 0 Å². The van der Waals surface area contributed by atoms with Gasteiger partial charge in [0.15, 0.2) is 0 Å². The summed E-state index contributed by atoms with van der Waals surface area (Å²) < 4.78 is 1.02. The van der Waals surface area contributed by atoms with Gasteiger partial charge in [0.05, 0.1) is 10.3 Å². The van der Waals surface area contributed by atoms with Gasteiger partial charge in [-0.1, -0.05) is 27.5 Å². The molecule has 0 fully saturated rings. The molecule has 4 heteroatoms. The first kappa shape index (κ1) is 9.97. The molecule has 0 aliphatic rings. The molecule has 0 bridgehead atoms. The van der Waals surface area contributed by atoms with Gasteiger partial charge in [0.1, 0.15) is 6.07 Å². The number of halogens is 2. The normalized spacial score (nSPS) is 10.4. The summed E-state index contributed by atoms with van der Waals surface area (Å²) in [4.78, 5) is 1.21. The molecular weight excluding hydrogens is 282 g/mol. The second-order valence-electron chi connectivity index (χ2n) is 2.83. The van der Waals surface area contributed by atoms with E-state index in [1.807, 2.05) is 6.07 Å². The van der Waals surface area contributed by atoms with Gasteiger partial charge >= 0.3 is 0 Å². The molecule has 1 heterocycles. The van der Waals surface area contributed by atoms with E-state index in [0.717, 1.165) is 15.4 Å². The Labute approximate surface area is 99.0 Å². The molecule has 1 nitrogen and oxygen atoms in total. The van der Waals surface area contributed by atoms with Crippen molar-refractivity contribution in [3.8, 4) is 6.07 Å². The van der Waals surface area contributed by atoms with Gasteiger partial charge in [-0.15, -0.1) is 11.3 Å². The average molecular weight is 287 g/mol. The second kappa shape index (κ2) is 3.90. The maximum atomic E-state index is 8.93. The molecule has 14 heavy (non-hydrogen) atoms. The molecule has 0 N–H and O–H groups in total. The Bertz CT molecular complexity index is 527. The minimum atomic E-state index is 0.618. The summed E-state index contributed by atoms with van der Waals surface area (Å²) in [5.41, 5.74) is 0.657. The van der Waals surface area contributed by atoms with E-state index in [0.29, 0.717) is 10.6 Å². The molecule has 2 rings (SSSR count). The third-order valence-electron chi connectivity index (χ3n) is 1.88. The minimum Gasteiger partial charge on any atom is -0.192 e. The Morgan fingerprint density at radius 3 is 2.86 bits per heavy atom. The van der Waals surface area contributed by atoms with E-state index in [9.17, 15) is 0 Å². The number of benzene rings is 1. The number of fused-ring (bicyclic) bond motifs is 1. The van der Waals surface area contributed by atoms with E-state index in [1.54, 1.807) is 17.4 Å². The van der Waals surface area contributed by atoms with E-state index in [-0.39, 0.29) is 0 Å². The molecule has 2 aromatic rings. The first-order valence-corrected chi connectivity index (χ1v) is 6.24. The van der Waals surface area contributed by atoms with Crippen LogP contribution in [0.3, 0.4) is 0 Å². The van der Waals surface area contributed by atoms with Gasteiger partial charge in [-0.3, -0.25) is 0 Å². The number of alkyl halides is 1. The lowest BCUT2D eigenvalue weighted by Gasteiger charge is -1.93. The van der Waals surface area contributed by atoms with Crippen molar-refractivity contribution in [1.82, 2.24) is 0 Å². The molecule has 0 saturated heterocycles. The van der Waals surface area contributed by atoms with Crippen LogP contribution in [0.4, 0.5) is 0 Å². The zero-order valence-corrected chi connectivity index (χ0v) is 10.2. The zero-order chi connectivity index (χ0) is 10.1. The summed E-state index contributed by atoms with van der Waals surface area (Å²) in [7, 11) is 0. The molecule has 70 valence electrons. The van der Waals surface area contributed by atoms with E-state index >= 15 is 0 Å². The van der Waals surface area contributed by atoms with Crippen molar-refractivity contribution in [3.63, 3.8) is 0 Å². The van der Waals surface area contributed by atoms with Crippen molar-refractivity contribution in [2.45, 2.75) is 5.33 Å². The Kier molecular flexibility index (Phi) is 2.78. The van der Waals surface area contributed by atoms with Crippen LogP contribution in [-0.2, 0) is 5.33 Å². The molecule has 0 aliphatic carbocycles. The fourth-order valence-electron chi connectivity index (χ4n) is 1.32. The monoisotopic (exact) mass is 285 g/mol. The maximum absolute atomic E-state index is 8.93. The number of nitrogens with zero attached hydrogens (tertiary/aromatic N) is 1. The summed E-state index contributed by atoms with van der Waals surface area (Å²) in [6.45, 7) is 0. The standard InChI is InChI=1S/C10H5BrClNS/c11-4-9-3-6-1-8(12)2-7(5-13)10(6)14-9/h1-3H,4H2. The van der Waals surface area contributed by atoms with E-state index in [2.05, 4.69) is 28.1 Å². The lowest BCUT2D eigenvalue weighted by molar-refractivity contribution is 1.51. The Balaban J connectivity index is 2.79. The number of hydrogen-bond donors (Lipinski definition) is 0. The molecule has 0 atom stereocenters. The van der Waals surface area contributed by atoms with Gasteiger partial charge in [0, 0.05) is 15.2 Å². The predicted molar refractivity (Wildman–Crippen MR) is 64.2 cm³/mol. The van der Waals surface area contributed by atoms with E-state index in [1.165, 1.54) is 4.88 Å².